The molecule has 1 aromatic carbocycles. The molecule has 4 nitrogen and oxygen atoms in total. The van der Waals surface area contributed by atoms with Gasteiger partial charge in [-0.2, -0.15) is 5.10 Å². The largest absolute Gasteiger partial charge is 0.493 e. The van der Waals surface area contributed by atoms with Crippen LogP contribution in [-0.4, -0.2) is 21.5 Å². The Bertz CT molecular complexity index is 552. The Hall–Kier alpha value is -1.88. The molecule has 0 aliphatic carbocycles. The predicted molar refractivity (Wildman–Crippen MR) is 69.4 cm³/mol. The van der Waals surface area contributed by atoms with Gasteiger partial charge in [-0.3, -0.25) is 4.68 Å². The molecule has 0 saturated heterocycles. The van der Waals surface area contributed by atoms with Crippen LogP contribution in [0, 0.1) is 5.82 Å². The van der Waals surface area contributed by atoms with Crippen LogP contribution in [0.25, 0.3) is 0 Å². The van der Waals surface area contributed by atoms with Gasteiger partial charge in [-0.15, -0.1) is 0 Å². The summed E-state index contributed by atoms with van der Waals surface area (Å²) >= 11 is 0. The van der Waals surface area contributed by atoms with Gasteiger partial charge in [-0.1, -0.05) is 0 Å². The van der Waals surface area contributed by atoms with E-state index in [1.165, 1.54) is 13.0 Å². The molecule has 19 heavy (non-hydrogen) atoms. The second-order valence-corrected chi connectivity index (χ2v) is 4.48. The summed E-state index contributed by atoms with van der Waals surface area (Å²) in [6, 6.07) is 4.50. The van der Waals surface area contributed by atoms with E-state index < -0.39 is 11.9 Å². The highest BCUT2D eigenvalue weighted by Gasteiger charge is 2.09. The molecule has 1 heterocycles. The highest BCUT2D eigenvalue weighted by atomic mass is 19.1. The fourth-order valence-corrected chi connectivity index (χ4v) is 1.82. The SMILES string of the molecule is C[C@H](O)c1ccc(OCCc2cnn(C)c2)cc1F. The summed E-state index contributed by atoms with van der Waals surface area (Å²) in [5.41, 5.74) is 1.35. The molecule has 102 valence electrons. The topological polar surface area (TPSA) is 47.3 Å². The van der Waals surface area contributed by atoms with Crippen molar-refractivity contribution < 1.29 is 14.2 Å². The summed E-state index contributed by atoms with van der Waals surface area (Å²) in [4.78, 5) is 0. The molecule has 0 spiro atoms. The van der Waals surface area contributed by atoms with Crippen LogP contribution in [0.3, 0.4) is 0 Å². The van der Waals surface area contributed by atoms with Crippen LogP contribution in [0.15, 0.2) is 30.6 Å². The number of ether oxygens (including phenoxy) is 1. The van der Waals surface area contributed by atoms with E-state index in [1.54, 1.807) is 23.0 Å². The third-order valence-corrected chi connectivity index (χ3v) is 2.84. The monoisotopic (exact) mass is 264 g/mol. The number of halogens is 1. The lowest BCUT2D eigenvalue weighted by Gasteiger charge is -2.09. The van der Waals surface area contributed by atoms with E-state index in [9.17, 15) is 9.50 Å². The summed E-state index contributed by atoms with van der Waals surface area (Å²) < 4.78 is 20.8. The minimum absolute atomic E-state index is 0.277. The Kier molecular flexibility index (Phi) is 4.16. The van der Waals surface area contributed by atoms with Crippen molar-refractivity contribution in [2.45, 2.75) is 19.4 Å². The van der Waals surface area contributed by atoms with Crippen LogP contribution in [-0.2, 0) is 13.5 Å². The van der Waals surface area contributed by atoms with E-state index in [0.29, 0.717) is 18.8 Å². The van der Waals surface area contributed by atoms with Crippen LogP contribution in [0.5, 0.6) is 5.75 Å². The molecule has 0 aliphatic heterocycles. The zero-order valence-corrected chi connectivity index (χ0v) is 11.0. The number of hydrogen-bond acceptors (Lipinski definition) is 3. The van der Waals surface area contributed by atoms with Crippen molar-refractivity contribution in [3.8, 4) is 5.75 Å². The van der Waals surface area contributed by atoms with Crippen LogP contribution < -0.4 is 4.74 Å². The maximum absolute atomic E-state index is 13.6. The average Bonchev–Trinajstić information content (AvgIpc) is 2.75. The first-order valence-corrected chi connectivity index (χ1v) is 6.14. The molecular weight excluding hydrogens is 247 g/mol. The molecule has 2 aromatic rings. The molecule has 0 unspecified atom stereocenters. The molecule has 0 radical (unpaired) electrons. The summed E-state index contributed by atoms with van der Waals surface area (Å²) in [5, 5.41) is 13.4. The van der Waals surface area contributed by atoms with Gasteiger partial charge in [0.05, 0.1) is 18.9 Å². The van der Waals surface area contributed by atoms with Gasteiger partial charge >= 0.3 is 0 Å². The molecule has 0 fully saturated rings. The van der Waals surface area contributed by atoms with Gasteiger partial charge in [-0.05, 0) is 24.6 Å². The summed E-state index contributed by atoms with van der Waals surface area (Å²) in [6.45, 7) is 1.99. The van der Waals surface area contributed by atoms with Gasteiger partial charge < -0.3 is 9.84 Å². The predicted octanol–water partition coefficient (Wildman–Crippen LogP) is 2.23. The molecule has 0 amide bonds. The molecule has 0 bridgehead atoms. The number of nitrogens with zero attached hydrogens (tertiary/aromatic N) is 2. The number of hydrogen-bond donors (Lipinski definition) is 1. The number of benzene rings is 1. The second-order valence-electron chi connectivity index (χ2n) is 4.48. The van der Waals surface area contributed by atoms with Crippen molar-refractivity contribution in [1.29, 1.82) is 0 Å². The third kappa shape index (κ3) is 3.54. The standard InChI is InChI=1S/C14H17FN2O2/c1-10(18)13-4-3-12(7-14(13)15)19-6-5-11-8-16-17(2)9-11/h3-4,7-10,18H,5-6H2,1-2H3/t10-/m0/s1. The number of aliphatic hydroxyl groups excluding tert-OH is 1. The van der Waals surface area contributed by atoms with Crippen LogP contribution >= 0.6 is 0 Å². The number of aryl methyl sites for hydroxylation is 1. The Morgan fingerprint density at radius 3 is 2.84 bits per heavy atom. The Morgan fingerprint density at radius 2 is 2.26 bits per heavy atom. The van der Waals surface area contributed by atoms with Gasteiger partial charge in [0.2, 0.25) is 0 Å². The lowest BCUT2D eigenvalue weighted by Crippen LogP contribution is -2.02. The first-order valence-electron chi connectivity index (χ1n) is 6.14. The highest BCUT2D eigenvalue weighted by Crippen LogP contribution is 2.21. The smallest absolute Gasteiger partial charge is 0.132 e. The molecule has 5 heteroatoms. The van der Waals surface area contributed by atoms with Crippen molar-refractivity contribution in [3.05, 3.63) is 47.5 Å². The zero-order valence-electron chi connectivity index (χ0n) is 11.0. The van der Waals surface area contributed by atoms with Crippen molar-refractivity contribution in [3.63, 3.8) is 0 Å². The summed E-state index contributed by atoms with van der Waals surface area (Å²) in [6.07, 6.45) is 3.60. The summed E-state index contributed by atoms with van der Waals surface area (Å²) in [7, 11) is 1.86. The maximum Gasteiger partial charge on any atom is 0.132 e. The van der Waals surface area contributed by atoms with E-state index in [4.69, 9.17) is 4.74 Å². The van der Waals surface area contributed by atoms with Gasteiger partial charge in [0.1, 0.15) is 11.6 Å². The quantitative estimate of drug-likeness (QED) is 0.901. The van der Waals surface area contributed by atoms with E-state index in [1.807, 2.05) is 13.2 Å². The molecule has 2 rings (SSSR count). The fraction of sp³-hybridized carbons (Fsp3) is 0.357. The fourth-order valence-electron chi connectivity index (χ4n) is 1.82. The Balaban J connectivity index is 1.91. The van der Waals surface area contributed by atoms with Gasteiger partial charge in [0.15, 0.2) is 0 Å². The Morgan fingerprint density at radius 1 is 1.47 bits per heavy atom. The number of aromatic nitrogens is 2. The van der Waals surface area contributed by atoms with E-state index in [-0.39, 0.29) is 5.56 Å². The lowest BCUT2D eigenvalue weighted by molar-refractivity contribution is 0.194. The zero-order chi connectivity index (χ0) is 13.8. The summed E-state index contributed by atoms with van der Waals surface area (Å²) in [5.74, 6) is 0.0136. The number of aliphatic hydroxyl groups is 1. The van der Waals surface area contributed by atoms with Crippen molar-refractivity contribution >= 4 is 0 Å². The van der Waals surface area contributed by atoms with Crippen LogP contribution in [0.1, 0.15) is 24.2 Å². The van der Waals surface area contributed by atoms with Crippen LogP contribution in [0.2, 0.25) is 0 Å². The number of rotatable bonds is 5. The molecule has 0 aliphatic rings. The van der Waals surface area contributed by atoms with Gasteiger partial charge in [0, 0.05) is 31.3 Å². The minimum atomic E-state index is -0.815. The molecule has 1 atom stereocenters. The highest BCUT2D eigenvalue weighted by molar-refractivity contribution is 5.30. The van der Waals surface area contributed by atoms with E-state index in [0.717, 1.165) is 5.56 Å². The first kappa shape index (κ1) is 13.5. The van der Waals surface area contributed by atoms with Crippen LogP contribution in [0.4, 0.5) is 4.39 Å². The average molecular weight is 264 g/mol. The van der Waals surface area contributed by atoms with Crippen molar-refractivity contribution in [2.75, 3.05) is 6.61 Å². The minimum Gasteiger partial charge on any atom is -0.493 e. The Labute approximate surface area is 111 Å². The van der Waals surface area contributed by atoms with E-state index in [2.05, 4.69) is 5.10 Å². The maximum atomic E-state index is 13.6. The van der Waals surface area contributed by atoms with Crippen molar-refractivity contribution in [2.24, 2.45) is 7.05 Å². The van der Waals surface area contributed by atoms with Crippen molar-refractivity contribution in [1.82, 2.24) is 9.78 Å². The van der Waals surface area contributed by atoms with E-state index >= 15 is 0 Å². The van der Waals surface area contributed by atoms with Gasteiger partial charge in [0.25, 0.3) is 0 Å². The third-order valence-electron chi connectivity index (χ3n) is 2.84. The molecule has 0 saturated carbocycles. The first-order chi connectivity index (χ1) is 9.06. The lowest BCUT2D eigenvalue weighted by atomic mass is 10.1. The molecular formula is C14H17FN2O2. The normalized spacial score (nSPS) is 12.4. The molecule has 1 N–H and O–H groups in total. The van der Waals surface area contributed by atoms with Gasteiger partial charge in [-0.25, -0.2) is 4.39 Å². The molecule has 1 aromatic heterocycles. The second kappa shape index (κ2) is 5.84.